The zero-order valence-electron chi connectivity index (χ0n) is 19.8. The topological polar surface area (TPSA) is 0 Å². The lowest BCUT2D eigenvalue weighted by Gasteiger charge is -2.46. The van der Waals surface area contributed by atoms with Crippen molar-refractivity contribution in [1.82, 2.24) is 0 Å². The third-order valence-corrected chi connectivity index (χ3v) is 5.77. The molecule has 3 atom stereocenters. The molecule has 0 rings (SSSR count). The van der Waals surface area contributed by atoms with Gasteiger partial charge in [-0.3, -0.25) is 0 Å². The van der Waals surface area contributed by atoms with Gasteiger partial charge >= 0.3 is 0 Å². The van der Waals surface area contributed by atoms with E-state index in [2.05, 4.69) is 82.7 Å². The number of hydrogen-bond acceptors (Lipinski definition) is 0. The highest BCUT2D eigenvalue weighted by atomic mass is 14.4. The zero-order chi connectivity index (χ0) is 20.2. The zero-order valence-corrected chi connectivity index (χ0v) is 19.8. The highest BCUT2D eigenvalue weighted by Gasteiger charge is 2.40. The molecule has 0 aromatic carbocycles. The lowest BCUT2D eigenvalue weighted by Crippen LogP contribution is -2.39. The molecule has 152 valence electrons. The minimum Gasteiger partial charge on any atom is -0.0996 e. The second-order valence-electron chi connectivity index (χ2n) is 9.61. The van der Waals surface area contributed by atoms with E-state index in [1.54, 1.807) is 0 Å². The van der Waals surface area contributed by atoms with Crippen LogP contribution in [0.1, 0.15) is 115 Å². The van der Waals surface area contributed by atoms with Crippen molar-refractivity contribution in [2.24, 2.45) is 35.0 Å². The SMILES string of the molecule is C=C(C)C(C)(C)C(C(C)C)C(CCC)C(CCC)CC(C)C.CCC. The summed E-state index contributed by atoms with van der Waals surface area (Å²) in [6, 6.07) is 0. The molecular weight excluding hydrogens is 300 g/mol. The van der Waals surface area contributed by atoms with Gasteiger partial charge < -0.3 is 0 Å². The first-order valence-corrected chi connectivity index (χ1v) is 11.2. The average molecular weight is 353 g/mol. The van der Waals surface area contributed by atoms with Crippen LogP contribution in [0.2, 0.25) is 0 Å². The van der Waals surface area contributed by atoms with Crippen LogP contribution in [0.3, 0.4) is 0 Å². The number of hydrogen-bond donors (Lipinski definition) is 0. The molecule has 25 heavy (non-hydrogen) atoms. The van der Waals surface area contributed by atoms with Gasteiger partial charge in [-0.25, -0.2) is 0 Å². The summed E-state index contributed by atoms with van der Waals surface area (Å²) in [5.41, 5.74) is 1.59. The monoisotopic (exact) mass is 352 g/mol. The van der Waals surface area contributed by atoms with Crippen molar-refractivity contribution in [3.63, 3.8) is 0 Å². The van der Waals surface area contributed by atoms with Crippen molar-refractivity contribution in [1.29, 1.82) is 0 Å². The van der Waals surface area contributed by atoms with E-state index in [1.165, 1.54) is 44.1 Å². The van der Waals surface area contributed by atoms with Gasteiger partial charge in [-0.05, 0) is 48.3 Å². The Morgan fingerprint density at radius 1 is 0.880 bits per heavy atom. The van der Waals surface area contributed by atoms with Crippen LogP contribution in [0.25, 0.3) is 0 Å². The van der Waals surface area contributed by atoms with Gasteiger partial charge in [-0.15, -0.1) is 0 Å². The minimum absolute atomic E-state index is 0.233. The number of rotatable bonds is 11. The first-order valence-electron chi connectivity index (χ1n) is 11.2. The largest absolute Gasteiger partial charge is 0.0996 e. The molecule has 0 amide bonds. The molecule has 0 nitrogen and oxygen atoms in total. The van der Waals surface area contributed by atoms with Crippen molar-refractivity contribution in [2.75, 3.05) is 0 Å². The van der Waals surface area contributed by atoms with Crippen LogP contribution in [0.4, 0.5) is 0 Å². The van der Waals surface area contributed by atoms with Crippen LogP contribution >= 0.6 is 0 Å². The molecule has 0 bridgehead atoms. The molecule has 0 saturated heterocycles. The van der Waals surface area contributed by atoms with Crippen molar-refractivity contribution < 1.29 is 0 Å². The second-order valence-corrected chi connectivity index (χ2v) is 9.61. The Balaban J connectivity index is 0. The van der Waals surface area contributed by atoms with Crippen molar-refractivity contribution in [2.45, 2.75) is 115 Å². The Bertz CT molecular complexity index is 321. The lowest BCUT2D eigenvalue weighted by atomic mass is 9.58. The Morgan fingerprint density at radius 2 is 1.32 bits per heavy atom. The molecule has 0 aromatic heterocycles. The summed E-state index contributed by atoms with van der Waals surface area (Å²) in [5.74, 6) is 3.96. The van der Waals surface area contributed by atoms with E-state index in [-0.39, 0.29) is 5.41 Å². The van der Waals surface area contributed by atoms with Gasteiger partial charge in [0, 0.05) is 0 Å². The lowest BCUT2D eigenvalue weighted by molar-refractivity contribution is 0.0590. The van der Waals surface area contributed by atoms with Crippen LogP contribution in [-0.2, 0) is 0 Å². The average Bonchev–Trinajstić information content (AvgIpc) is 2.46. The first-order chi connectivity index (χ1) is 11.5. The summed E-state index contributed by atoms with van der Waals surface area (Å²) in [6.07, 6.45) is 8.01. The van der Waals surface area contributed by atoms with Crippen LogP contribution in [0, 0.1) is 35.0 Å². The van der Waals surface area contributed by atoms with Crippen LogP contribution in [0.15, 0.2) is 12.2 Å². The van der Waals surface area contributed by atoms with E-state index in [9.17, 15) is 0 Å². The van der Waals surface area contributed by atoms with Crippen molar-refractivity contribution >= 4 is 0 Å². The fourth-order valence-electron chi connectivity index (χ4n) is 4.67. The Kier molecular flexibility index (Phi) is 15.0. The molecule has 0 N–H and O–H groups in total. The molecule has 0 heterocycles. The van der Waals surface area contributed by atoms with E-state index in [4.69, 9.17) is 0 Å². The smallest absolute Gasteiger partial charge is 0.0117 e. The summed E-state index contributed by atoms with van der Waals surface area (Å²) in [5, 5.41) is 0. The predicted molar refractivity (Wildman–Crippen MR) is 119 cm³/mol. The molecule has 0 aliphatic heterocycles. The number of allylic oxidation sites excluding steroid dienone is 1. The molecule has 0 aliphatic carbocycles. The third kappa shape index (κ3) is 9.86. The highest BCUT2D eigenvalue weighted by Crippen LogP contribution is 2.48. The van der Waals surface area contributed by atoms with E-state index in [1.807, 2.05) is 0 Å². The van der Waals surface area contributed by atoms with Crippen LogP contribution < -0.4 is 0 Å². The summed E-state index contributed by atoms with van der Waals surface area (Å²) >= 11 is 0. The molecular formula is C25H52. The Labute approximate surface area is 162 Å². The van der Waals surface area contributed by atoms with Gasteiger partial charge in [0.25, 0.3) is 0 Å². The van der Waals surface area contributed by atoms with Gasteiger partial charge in [0.05, 0.1) is 0 Å². The van der Waals surface area contributed by atoms with E-state index >= 15 is 0 Å². The molecule has 0 fully saturated rings. The van der Waals surface area contributed by atoms with Gasteiger partial charge in [0.15, 0.2) is 0 Å². The van der Waals surface area contributed by atoms with Gasteiger partial charge in [-0.2, -0.15) is 0 Å². The summed E-state index contributed by atoms with van der Waals surface area (Å²) in [6.45, 7) is 30.0. The maximum atomic E-state index is 4.34. The van der Waals surface area contributed by atoms with E-state index in [0.29, 0.717) is 0 Å². The van der Waals surface area contributed by atoms with Gasteiger partial charge in [0.1, 0.15) is 0 Å². The predicted octanol–water partition coefficient (Wildman–Crippen LogP) is 9.16. The van der Waals surface area contributed by atoms with Crippen LogP contribution in [-0.4, -0.2) is 0 Å². The normalized spacial score (nSPS) is 15.6. The van der Waals surface area contributed by atoms with Crippen molar-refractivity contribution in [3.05, 3.63) is 12.2 Å². The molecule has 0 saturated carbocycles. The first kappa shape index (κ1) is 27.0. The van der Waals surface area contributed by atoms with E-state index in [0.717, 1.165) is 29.6 Å². The summed E-state index contributed by atoms with van der Waals surface area (Å²) in [7, 11) is 0. The fraction of sp³-hybridized carbons (Fsp3) is 0.920. The quantitative estimate of drug-likeness (QED) is 0.325. The van der Waals surface area contributed by atoms with E-state index < -0.39 is 0 Å². The molecule has 0 spiro atoms. The van der Waals surface area contributed by atoms with Gasteiger partial charge in [0.2, 0.25) is 0 Å². The molecule has 3 unspecified atom stereocenters. The summed E-state index contributed by atoms with van der Waals surface area (Å²) in [4.78, 5) is 0. The van der Waals surface area contributed by atoms with Crippen LogP contribution in [0.5, 0.6) is 0 Å². The Morgan fingerprint density at radius 3 is 1.60 bits per heavy atom. The second kappa shape index (κ2) is 13.9. The maximum absolute atomic E-state index is 4.34. The third-order valence-electron chi connectivity index (χ3n) is 5.77. The fourth-order valence-corrected chi connectivity index (χ4v) is 4.67. The minimum atomic E-state index is 0.233. The molecule has 0 radical (unpaired) electrons. The van der Waals surface area contributed by atoms with Crippen molar-refractivity contribution in [3.8, 4) is 0 Å². The molecule has 0 aromatic rings. The summed E-state index contributed by atoms with van der Waals surface area (Å²) < 4.78 is 0. The maximum Gasteiger partial charge on any atom is -0.0117 e. The Hall–Kier alpha value is -0.260. The highest BCUT2D eigenvalue weighted by molar-refractivity contribution is 5.08. The molecule has 0 aliphatic rings. The standard InChI is InChI=1S/C22H44.C3H8/c1-11-13-19(15-16(3)4)20(14-12-2)21(17(5)6)22(9,10)18(7)8;1-3-2/h16-17,19-21H,7,11-15H2,1-6,8-10H3;3H2,1-2H3. The van der Waals surface area contributed by atoms with Gasteiger partial charge in [-0.1, -0.05) is 113 Å². The molecule has 0 heteroatoms.